The summed E-state index contributed by atoms with van der Waals surface area (Å²) in [6, 6.07) is 7.19. The summed E-state index contributed by atoms with van der Waals surface area (Å²) in [4.78, 5) is 1.03. The lowest BCUT2D eigenvalue weighted by atomic mass is 10.1. The maximum atomic E-state index is 13.6. The number of thiophene rings is 2. The van der Waals surface area contributed by atoms with Crippen molar-refractivity contribution in [2.45, 2.75) is 5.38 Å². The summed E-state index contributed by atoms with van der Waals surface area (Å²) >= 11 is 13.1. The van der Waals surface area contributed by atoms with E-state index >= 15 is 0 Å². The van der Waals surface area contributed by atoms with Gasteiger partial charge >= 0.3 is 0 Å². The molecule has 0 fully saturated rings. The Hall–Kier alpha value is -0.620. The van der Waals surface area contributed by atoms with Crippen LogP contribution in [0.3, 0.4) is 0 Å². The van der Waals surface area contributed by atoms with Crippen LogP contribution in [0.2, 0.25) is 0 Å². The van der Waals surface area contributed by atoms with Crippen LogP contribution >= 0.6 is 50.2 Å². The molecule has 2 aromatic heterocycles. The average molecular weight is 392 g/mol. The molecule has 2 heterocycles. The molecule has 20 heavy (non-hydrogen) atoms. The van der Waals surface area contributed by atoms with E-state index in [9.17, 15) is 4.39 Å². The van der Waals surface area contributed by atoms with Gasteiger partial charge in [-0.05, 0) is 39.5 Å². The van der Waals surface area contributed by atoms with Crippen LogP contribution in [0.4, 0.5) is 4.39 Å². The Labute approximate surface area is 137 Å². The van der Waals surface area contributed by atoms with Gasteiger partial charge in [0, 0.05) is 25.9 Å². The number of halogens is 3. The fourth-order valence-electron chi connectivity index (χ4n) is 1.98. The summed E-state index contributed by atoms with van der Waals surface area (Å²) in [7, 11) is 1.52. The molecule has 1 unspecified atom stereocenters. The first-order chi connectivity index (χ1) is 9.60. The summed E-state index contributed by atoms with van der Waals surface area (Å²) in [5, 5.41) is 1.70. The molecule has 0 aliphatic rings. The monoisotopic (exact) mass is 390 g/mol. The Morgan fingerprint density at radius 1 is 1.30 bits per heavy atom. The Morgan fingerprint density at radius 3 is 2.80 bits per heavy atom. The molecule has 6 heteroatoms. The van der Waals surface area contributed by atoms with Crippen molar-refractivity contribution in [3.8, 4) is 5.75 Å². The lowest BCUT2D eigenvalue weighted by molar-refractivity contribution is 0.406. The van der Waals surface area contributed by atoms with Crippen LogP contribution in [0.15, 0.2) is 34.1 Å². The molecule has 3 aromatic rings. The highest BCUT2D eigenvalue weighted by molar-refractivity contribution is 9.10. The molecule has 0 N–H and O–H groups in total. The first-order valence-corrected chi connectivity index (χ1v) is 8.66. The summed E-state index contributed by atoms with van der Waals surface area (Å²) in [5.41, 5.74) is 0.761. The highest BCUT2D eigenvalue weighted by atomic mass is 79.9. The average Bonchev–Trinajstić information content (AvgIpc) is 3.01. The van der Waals surface area contributed by atoms with Crippen molar-refractivity contribution in [2.75, 3.05) is 7.11 Å². The second kappa shape index (κ2) is 5.64. The van der Waals surface area contributed by atoms with Crippen molar-refractivity contribution < 1.29 is 9.13 Å². The lowest BCUT2D eigenvalue weighted by Gasteiger charge is -2.13. The Kier molecular flexibility index (Phi) is 4.04. The number of alkyl halides is 1. The van der Waals surface area contributed by atoms with Gasteiger partial charge in [-0.25, -0.2) is 4.39 Å². The predicted octanol–water partition coefficient (Wildman–Crippen LogP) is 6.20. The molecule has 0 saturated heterocycles. The minimum Gasteiger partial charge on any atom is -0.496 e. The molecule has 1 nitrogen and oxygen atoms in total. The normalized spacial score (nSPS) is 12.8. The minimum absolute atomic E-state index is 0.355. The van der Waals surface area contributed by atoms with Crippen molar-refractivity contribution in [3.63, 3.8) is 0 Å². The van der Waals surface area contributed by atoms with E-state index in [1.165, 1.54) is 22.6 Å². The predicted molar refractivity (Wildman–Crippen MR) is 88.1 cm³/mol. The number of rotatable bonds is 3. The Morgan fingerprint density at radius 2 is 2.10 bits per heavy atom. The van der Waals surface area contributed by atoms with Gasteiger partial charge in [-0.3, -0.25) is 0 Å². The van der Waals surface area contributed by atoms with E-state index in [0.29, 0.717) is 10.2 Å². The molecule has 0 bridgehead atoms. The molecule has 104 valence electrons. The van der Waals surface area contributed by atoms with Gasteiger partial charge in [0.15, 0.2) is 0 Å². The number of hydrogen-bond acceptors (Lipinski definition) is 3. The van der Waals surface area contributed by atoms with E-state index in [-0.39, 0.29) is 11.2 Å². The molecule has 3 rings (SSSR count). The van der Waals surface area contributed by atoms with Crippen molar-refractivity contribution in [1.82, 2.24) is 0 Å². The van der Waals surface area contributed by atoms with Gasteiger partial charge in [0.05, 0.1) is 17.0 Å². The smallest absolute Gasteiger partial charge is 0.141 e. The van der Waals surface area contributed by atoms with Gasteiger partial charge in [-0.1, -0.05) is 0 Å². The maximum Gasteiger partial charge on any atom is 0.141 e. The van der Waals surface area contributed by atoms with E-state index in [2.05, 4.69) is 33.4 Å². The van der Waals surface area contributed by atoms with Crippen LogP contribution < -0.4 is 4.74 Å². The van der Waals surface area contributed by atoms with Crippen LogP contribution in [0.1, 0.15) is 15.8 Å². The van der Waals surface area contributed by atoms with Crippen molar-refractivity contribution >= 4 is 59.6 Å². The second-order valence-electron chi connectivity index (χ2n) is 4.17. The third-order valence-electron chi connectivity index (χ3n) is 2.95. The third kappa shape index (κ3) is 2.48. The van der Waals surface area contributed by atoms with Crippen molar-refractivity contribution in [1.29, 1.82) is 0 Å². The van der Waals surface area contributed by atoms with E-state index in [4.69, 9.17) is 16.3 Å². The van der Waals surface area contributed by atoms with Crippen LogP contribution in [0.5, 0.6) is 5.75 Å². The lowest BCUT2D eigenvalue weighted by Crippen LogP contribution is -1.97. The third-order valence-corrected chi connectivity index (χ3v) is 6.32. The van der Waals surface area contributed by atoms with E-state index in [1.807, 2.05) is 0 Å². The van der Waals surface area contributed by atoms with E-state index in [1.54, 1.807) is 28.7 Å². The summed E-state index contributed by atoms with van der Waals surface area (Å²) in [6.07, 6.45) is 0. The Bertz CT molecular complexity index is 739. The molecule has 1 atom stereocenters. The zero-order valence-electron chi connectivity index (χ0n) is 10.3. The number of fused-ring (bicyclic) bond motifs is 1. The molecule has 0 amide bonds. The van der Waals surface area contributed by atoms with Crippen molar-refractivity contribution in [2.24, 2.45) is 0 Å². The molecule has 0 aliphatic carbocycles. The zero-order valence-corrected chi connectivity index (χ0v) is 14.3. The highest BCUT2D eigenvalue weighted by Gasteiger charge is 2.20. The molecule has 1 aromatic carbocycles. The van der Waals surface area contributed by atoms with Gasteiger partial charge in [0.25, 0.3) is 0 Å². The molecule has 0 saturated carbocycles. The molecule has 0 aliphatic heterocycles. The largest absolute Gasteiger partial charge is 0.496 e. The standard InChI is InChI=1S/C14H9BrClFOS2/c1-18-10-5-9(17)8(15)4-7(10)14(16)13-6-12-11(20-13)2-3-19-12/h2-6,14H,1H3. The number of benzene rings is 1. The van der Waals surface area contributed by atoms with Crippen LogP contribution in [0, 0.1) is 5.82 Å². The Balaban J connectivity index is 2.07. The van der Waals surface area contributed by atoms with E-state index < -0.39 is 0 Å². The SMILES string of the molecule is COc1cc(F)c(Br)cc1C(Cl)c1cc2sccc2s1. The summed E-state index contributed by atoms with van der Waals surface area (Å²) in [5.74, 6) is 0.101. The fraction of sp³-hybridized carbons (Fsp3) is 0.143. The molecular weight excluding hydrogens is 383 g/mol. The first-order valence-electron chi connectivity index (χ1n) is 5.74. The summed E-state index contributed by atoms with van der Waals surface area (Å²) < 4.78 is 21.6. The molecule has 0 radical (unpaired) electrons. The molecule has 0 spiro atoms. The fourth-order valence-corrected chi connectivity index (χ4v) is 4.83. The van der Waals surface area contributed by atoms with Crippen LogP contribution in [-0.2, 0) is 0 Å². The van der Waals surface area contributed by atoms with Gasteiger partial charge in [0.2, 0.25) is 0 Å². The van der Waals surface area contributed by atoms with Crippen molar-refractivity contribution in [3.05, 3.63) is 50.4 Å². The van der Waals surface area contributed by atoms with E-state index in [0.717, 1.165) is 10.4 Å². The minimum atomic E-state index is -0.360. The van der Waals surface area contributed by atoms with Gasteiger partial charge in [-0.15, -0.1) is 34.3 Å². The number of methoxy groups -OCH3 is 1. The first kappa shape index (κ1) is 14.3. The maximum absolute atomic E-state index is 13.6. The zero-order chi connectivity index (χ0) is 14.3. The highest BCUT2D eigenvalue weighted by Crippen LogP contribution is 2.42. The number of hydrogen-bond donors (Lipinski definition) is 0. The van der Waals surface area contributed by atoms with Gasteiger partial charge < -0.3 is 4.74 Å². The van der Waals surface area contributed by atoms with Crippen LogP contribution in [0.25, 0.3) is 9.40 Å². The molecular formula is C14H9BrClFOS2. The van der Waals surface area contributed by atoms with Gasteiger partial charge in [0.1, 0.15) is 11.6 Å². The van der Waals surface area contributed by atoms with Crippen LogP contribution in [-0.4, -0.2) is 7.11 Å². The topological polar surface area (TPSA) is 9.23 Å². The number of ether oxygens (including phenoxy) is 1. The van der Waals surface area contributed by atoms with Gasteiger partial charge in [-0.2, -0.15) is 0 Å². The summed E-state index contributed by atoms with van der Waals surface area (Å²) in [6.45, 7) is 0. The second-order valence-corrected chi connectivity index (χ2v) is 7.52. The quantitative estimate of drug-likeness (QED) is 0.483.